The number of carbonyl (C=O) groups excluding carboxylic acids is 3. The molecule has 14 nitrogen and oxygen atoms in total. The molecule has 3 atom stereocenters. The SMILES string of the molecule is NC(=O)[C@@H]1C[C@@H]2C[C@@H]2N1C(=O)c1ccc(NC(=O)Nc2ccc(-c3nc(N4CCOCC4)nc(N4CCOCC4)n3)cc2)cc1. The Hall–Kier alpha value is -4.82. The summed E-state index contributed by atoms with van der Waals surface area (Å²) in [6.45, 7) is 5.31. The zero-order valence-electron chi connectivity index (χ0n) is 24.7. The predicted octanol–water partition coefficient (Wildman–Crippen LogP) is 1.94. The summed E-state index contributed by atoms with van der Waals surface area (Å²) < 4.78 is 11.0. The van der Waals surface area contributed by atoms with Crippen molar-refractivity contribution in [3.05, 3.63) is 54.1 Å². The van der Waals surface area contributed by atoms with E-state index in [9.17, 15) is 14.4 Å². The van der Waals surface area contributed by atoms with Gasteiger partial charge in [-0.2, -0.15) is 15.0 Å². The van der Waals surface area contributed by atoms with Crippen molar-refractivity contribution in [2.45, 2.75) is 24.9 Å². The molecule has 1 aromatic heterocycles. The minimum Gasteiger partial charge on any atom is -0.378 e. The third-order valence-corrected chi connectivity index (χ3v) is 8.66. The quantitative estimate of drug-likeness (QED) is 0.358. The number of primary amides is 1. The summed E-state index contributed by atoms with van der Waals surface area (Å²) in [4.78, 5) is 57.8. The molecule has 0 spiro atoms. The number of rotatable bonds is 7. The van der Waals surface area contributed by atoms with Crippen LogP contribution in [-0.2, 0) is 14.3 Å². The van der Waals surface area contributed by atoms with Crippen molar-refractivity contribution in [1.29, 1.82) is 0 Å². The molecule has 2 aromatic carbocycles. The van der Waals surface area contributed by atoms with Crippen LogP contribution in [0.15, 0.2) is 48.5 Å². The monoisotopic (exact) mass is 613 g/mol. The largest absolute Gasteiger partial charge is 0.378 e. The van der Waals surface area contributed by atoms with Crippen molar-refractivity contribution >= 4 is 41.1 Å². The van der Waals surface area contributed by atoms with Crippen molar-refractivity contribution < 1.29 is 23.9 Å². The third-order valence-electron chi connectivity index (χ3n) is 8.66. The normalized spacial score (nSPS) is 22.5. The van der Waals surface area contributed by atoms with E-state index in [-0.39, 0.29) is 11.9 Å². The summed E-state index contributed by atoms with van der Waals surface area (Å²) in [6, 6.07) is 13.0. The molecule has 3 aromatic rings. The average molecular weight is 614 g/mol. The summed E-state index contributed by atoms with van der Waals surface area (Å²) in [6.07, 6.45) is 1.55. The van der Waals surface area contributed by atoms with Crippen LogP contribution in [0.5, 0.6) is 0 Å². The van der Waals surface area contributed by atoms with Crippen LogP contribution in [0.2, 0.25) is 0 Å². The fourth-order valence-corrected chi connectivity index (χ4v) is 6.14. The van der Waals surface area contributed by atoms with Gasteiger partial charge in [-0.3, -0.25) is 9.59 Å². The highest BCUT2D eigenvalue weighted by atomic mass is 16.5. The highest BCUT2D eigenvalue weighted by Gasteiger charge is 2.55. The van der Waals surface area contributed by atoms with Gasteiger partial charge in [0.1, 0.15) is 6.04 Å². The van der Waals surface area contributed by atoms with Crippen LogP contribution in [0.4, 0.5) is 28.1 Å². The lowest BCUT2D eigenvalue weighted by atomic mass is 10.1. The Bertz CT molecular complexity index is 1540. The summed E-state index contributed by atoms with van der Waals surface area (Å²) in [5.74, 6) is 1.46. The second-order valence-corrected chi connectivity index (χ2v) is 11.6. The lowest BCUT2D eigenvalue weighted by Crippen LogP contribution is -2.46. The Balaban J connectivity index is 1.00. The molecule has 4 amide bonds. The molecule has 14 heteroatoms. The van der Waals surface area contributed by atoms with E-state index >= 15 is 0 Å². The van der Waals surface area contributed by atoms with Gasteiger partial charge in [-0.15, -0.1) is 0 Å². The molecule has 4 N–H and O–H groups in total. The Morgan fingerprint density at radius 2 is 1.27 bits per heavy atom. The number of hydrogen-bond donors (Lipinski definition) is 3. The number of nitrogens with two attached hydrogens (primary N) is 1. The molecular weight excluding hydrogens is 578 g/mol. The van der Waals surface area contributed by atoms with Crippen LogP contribution in [0, 0.1) is 5.92 Å². The molecule has 4 fully saturated rings. The van der Waals surface area contributed by atoms with Crippen LogP contribution in [0.1, 0.15) is 23.2 Å². The second kappa shape index (κ2) is 12.3. The van der Waals surface area contributed by atoms with Crippen LogP contribution in [0.25, 0.3) is 11.4 Å². The summed E-state index contributed by atoms with van der Waals surface area (Å²) in [7, 11) is 0. The van der Waals surface area contributed by atoms with Crippen molar-refractivity contribution in [2.75, 3.05) is 73.0 Å². The highest BCUT2D eigenvalue weighted by Crippen LogP contribution is 2.48. The first-order chi connectivity index (χ1) is 21.9. The number of nitrogens with zero attached hydrogens (tertiary/aromatic N) is 6. The molecule has 45 heavy (non-hydrogen) atoms. The van der Waals surface area contributed by atoms with Crippen LogP contribution in [-0.4, -0.2) is 102 Å². The Kier molecular flexibility index (Phi) is 7.90. The zero-order chi connectivity index (χ0) is 30.9. The number of benzene rings is 2. The van der Waals surface area contributed by atoms with Gasteiger partial charge in [0, 0.05) is 54.7 Å². The second-order valence-electron chi connectivity index (χ2n) is 11.6. The van der Waals surface area contributed by atoms with Crippen molar-refractivity contribution in [3.8, 4) is 11.4 Å². The molecule has 7 rings (SSSR count). The molecule has 4 heterocycles. The molecule has 0 unspecified atom stereocenters. The number of morpholine rings is 2. The molecule has 0 radical (unpaired) electrons. The van der Waals surface area contributed by atoms with E-state index in [0.717, 1.165) is 12.0 Å². The smallest absolute Gasteiger partial charge is 0.323 e. The van der Waals surface area contributed by atoms with Gasteiger partial charge < -0.3 is 40.5 Å². The lowest BCUT2D eigenvalue weighted by molar-refractivity contribution is -0.122. The van der Waals surface area contributed by atoms with Crippen LogP contribution < -0.4 is 26.2 Å². The summed E-state index contributed by atoms with van der Waals surface area (Å²) in [5, 5.41) is 5.62. The molecule has 1 aliphatic carbocycles. The fourth-order valence-electron chi connectivity index (χ4n) is 6.14. The van der Waals surface area contributed by atoms with Gasteiger partial charge in [0.05, 0.1) is 26.4 Å². The van der Waals surface area contributed by atoms with Gasteiger partial charge in [-0.1, -0.05) is 0 Å². The van der Waals surface area contributed by atoms with E-state index in [0.29, 0.717) is 99.6 Å². The molecule has 3 saturated heterocycles. The van der Waals surface area contributed by atoms with E-state index in [1.54, 1.807) is 41.3 Å². The van der Waals surface area contributed by atoms with Gasteiger partial charge >= 0.3 is 6.03 Å². The number of carbonyl (C=O) groups is 3. The summed E-state index contributed by atoms with van der Waals surface area (Å²) >= 11 is 0. The Morgan fingerprint density at radius 3 is 1.80 bits per heavy atom. The Morgan fingerprint density at radius 1 is 0.733 bits per heavy atom. The van der Waals surface area contributed by atoms with Crippen molar-refractivity contribution in [2.24, 2.45) is 11.7 Å². The number of aromatic nitrogens is 3. The number of fused-ring (bicyclic) bond motifs is 1. The van der Waals surface area contributed by atoms with E-state index in [2.05, 4.69) is 20.4 Å². The first-order valence-electron chi connectivity index (χ1n) is 15.2. The standard InChI is InChI=1S/C31H35N9O5/c32-26(41)25-18-21-17-24(21)40(25)28(42)20-3-7-23(8-4-20)34-31(43)33-22-5-1-19(2-6-22)27-35-29(38-9-13-44-14-10-38)37-30(36-27)39-11-15-45-16-12-39/h1-8,21,24-25H,9-18H2,(H2,32,41)(H2,33,34,43)/t21-,24-,25-/m0/s1. The van der Waals surface area contributed by atoms with Gasteiger partial charge in [-0.25, -0.2) is 4.79 Å². The van der Waals surface area contributed by atoms with E-state index in [1.807, 2.05) is 12.1 Å². The number of urea groups is 1. The maximum Gasteiger partial charge on any atom is 0.323 e. The predicted molar refractivity (Wildman–Crippen MR) is 166 cm³/mol. The fraction of sp³-hybridized carbons (Fsp3) is 0.419. The first kappa shape index (κ1) is 28.9. The number of likely N-dealkylation sites (tertiary alicyclic amines) is 1. The van der Waals surface area contributed by atoms with E-state index < -0.39 is 18.0 Å². The highest BCUT2D eigenvalue weighted by molar-refractivity contribution is 6.01. The molecule has 1 saturated carbocycles. The molecule has 4 aliphatic rings. The van der Waals surface area contributed by atoms with Gasteiger partial charge in [0.2, 0.25) is 17.8 Å². The number of nitrogens with one attached hydrogen (secondary N) is 2. The van der Waals surface area contributed by atoms with E-state index in [1.165, 1.54) is 0 Å². The maximum absolute atomic E-state index is 13.1. The lowest BCUT2D eigenvalue weighted by Gasteiger charge is -2.30. The van der Waals surface area contributed by atoms with E-state index in [4.69, 9.17) is 30.2 Å². The van der Waals surface area contributed by atoms with Crippen LogP contribution in [0.3, 0.4) is 0 Å². The average Bonchev–Trinajstić information content (AvgIpc) is 3.74. The number of hydrogen-bond acceptors (Lipinski definition) is 10. The number of ether oxygens (including phenoxy) is 2. The topological polar surface area (TPSA) is 168 Å². The zero-order valence-corrected chi connectivity index (χ0v) is 24.7. The minimum atomic E-state index is -0.556. The van der Waals surface area contributed by atoms with Gasteiger partial charge in [-0.05, 0) is 67.3 Å². The van der Waals surface area contributed by atoms with Crippen molar-refractivity contribution in [1.82, 2.24) is 19.9 Å². The van der Waals surface area contributed by atoms with Crippen LogP contribution >= 0.6 is 0 Å². The maximum atomic E-state index is 13.1. The van der Waals surface area contributed by atoms with Gasteiger partial charge in [0.25, 0.3) is 5.91 Å². The molecule has 3 aliphatic heterocycles. The molecular formula is C31H35N9O5. The number of anilines is 4. The molecule has 0 bridgehead atoms. The first-order valence-corrected chi connectivity index (χ1v) is 15.2. The third kappa shape index (κ3) is 6.24. The number of amides is 4. The Labute approximate surface area is 259 Å². The number of piperidine rings is 1. The summed E-state index contributed by atoms with van der Waals surface area (Å²) in [5.41, 5.74) is 7.88. The van der Waals surface area contributed by atoms with Crippen molar-refractivity contribution in [3.63, 3.8) is 0 Å². The molecule has 234 valence electrons. The van der Waals surface area contributed by atoms with Gasteiger partial charge in [0.15, 0.2) is 5.82 Å². The minimum absolute atomic E-state index is 0.0914.